The summed E-state index contributed by atoms with van der Waals surface area (Å²) < 4.78 is 39.7. The molecule has 3 aromatic heterocycles. The van der Waals surface area contributed by atoms with Gasteiger partial charge in [0.1, 0.15) is 23.2 Å². The van der Waals surface area contributed by atoms with Crippen LogP contribution in [0.4, 0.5) is 0 Å². The van der Waals surface area contributed by atoms with E-state index in [-0.39, 0.29) is 42.3 Å². The summed E-state index contributed by atoms with van der Waals surface area (Å²) >= 11 is 1.51. The van der Waals surface area contributed by atoms with E-state index >= 15 is 4.79 Å². The number of amides is 2. The lowest BCUT2D eigenvalue weighted by atomic mass is 9.83. The smallest absolute Gasteiger partial charge is 0.324 e. The van der Waals surface area contributed by atoms with Crippen LogP contribution in [0.15, 0.2) is 35.8 Å². The Hall–Kier alpha value is -4.37. The van der Waals surface area contributed by atoms with Gasteiger partial charge in [0.15, 0.2) is 0 Å². The van der Waals surface area contributed by atoms with Crippen LogP contribution in [0.25, 0.3) is 33.4 Å². The molecule has 1 saturated carbocycles. The van der Waals surface area contributed by atoms with Crippen LogP contribution in [0.2, 0.25) is 0 Å². The van der Waals surface area contributed by atoms with Crippen LogP contribution in [-0.2, 0) is 55.8 Å². The highest BCUT2D eigenvalue weighted by Gasteiger charge is 2.53. The minimum atomic E-state index is -1.05. The molecule has 416 valence electrons. The molecule has 0 unspecified atom stereocenters. The number of rotatable bonds is 12. The number of pyridine rings is 1. The quantitative estimate of drug-likeness (QED) is 0.133. The molecule has 17 nitrogen and oxygen atoms in total. The van der Waals surface area contributed by atoms with Gasteiger partial charge in [-0.25, -0.2) is 10.4 Å². The first-order chi connectivity index (χ1) is 37.3. The van der Waals surface area contributed by atoms with Crippen molar-refractivity contribution in [2.24, 2.45) is 5.41 Å². The second kappa shape index (κ2) is 22.3. The molecule has 4 aromatic rings. The zero-order valence-electron chi connectivity index (χ0n) is 45.9. The van der Waals surface area contributed by atoms with E-state index in [1.54, 1.807) is 7.11 Å². The van der Waals surface area contributed by atoms with Crippen LogP contribution in [0.5, 0.6) is 0 Å². The highest BCUT2D eigenvalue weighted by molar-refractivity contribution is 7.10. The summed E-state index contributed by atoms with van der Waals surface area (Å²) in [5.74, 6) is -0.686. The zero-order valence-corrected chi connectivity index (χ0v) is 46.7. The van der Waals surface area contributed by atoms with Crippen molar-refractivity contribution in [2.75, 3.05) is 72.9 Å². The second-order valence-electron chi connectivity index (χ2n) is 24.3. The number of nitrogens with zero attached hydrogens (tertiary/aromatic N) is 6. The number of fused-ring (bicyclic) bond motifs is 6. The maximum absolute atomic E-state index is 15.3. The number of hydrogen-bond donors (Lipinski definition) is 2. The third kappa shape index (κ3) is 11.1. The predicted molar refractivity (Wildman–Crippen MR) is 292 cm³/mol. The van der Waals surface area contributed by atoms with E-state index < -0.39 is 35.6 Å². The largest absolute Gasteiger partial charge is 0.464 e. The lowest BCUT2D eigenvalue weighted by Gasteiger charge is -2.55. The van der Waals surface area contributed by atoms with Crippen molar-refractivity contribution in [1.82, 2.24) is 40.1 Å². The Morgan fingerprint density at radius 1 is 0.987 bits per heavy atom. The van der Waals surface area contributed by atoms with Crippen molar-refractivity contribution < 1.29 is 42.8 Å². The molecule has 18 heteroatoms. The third-order valence-electron chi connectivity index (χ3n) is 18.0. The molecule has 2 amide bonds. The number of aromatic nitrogens is 3. The number of ether oxygens (including phenoxy) is 6. The van der Waals surface area contributed by atoms with Gasteiger partial charge in [-0.3, -0.25) is 29.3 Å². The van der Waals surface area contributed by atoms with E-state index in [4.69, 9.17) is 38.4 Å². The minimum absolute atomic E-state index is 0.0443. The highest BCUT2D eigenvalue weighted by Crippen LogP contribution is 2.46. The molecule has 8 aliphatic rings. The Balaban J connectivity index is 0.999. The Bertz CT molecular complexity index is 2780. The van der Waals surface area contributed by atoms with Gasteiger partial charge in [-0.15, -0.1) is 11.3 Å². The molecule has 7 aliphatic heterocycles. The van der Waals surface area contributed by atoms with Gasteiger partial charge in [-0.05, 0) is 139 Å². The number of cyclic esters (lactones) is 1. The molecule has 0 radical (unpaired) electrons. The van der Waals surface area contributed by atoms with Gasteiger partial charge in [0.25, 0.3) is 5.91 Å². The molecular weight excluding hydrogens is 997 g/mol. The number of likely N-dealkylation sites (tertiary alicyclic amines) is 2. The Morgan fingerprint density at radius 2 is 1.79 bits per heavy atom. The molecule has 1 spiro atoms. The normalized spacial score (nSPS) is 28.2. The molecule has 12 rings (SSSR count). The fourth-order valence-electron chi connectivity index (χ4n) is 13.4. The second-order valence-corrected chi connectivity index (χ2v) is 25.2. The van der Waals surface area contributed by atoms with Crippen LogP contribution in [-0.4, -0.2) is 162 Å². The SMILES string of the molecule is CO[C@@H](C)c1ncc(C2CCN(C3CC3)CC2)cc1-c1c2c3cc(ccc3n1CCOC1CCOCC1)-c1csc(n1)[C@@H](N1CC3(CCCCO3)C1)[C@H](NC(=O)[C@@H]1C[C@@H](C)O1)C(=O)N1CCC[C@H](N1)C(=O)OCC(C)(C)C2. The number of carbonyl (C=O) groups excluding carboxylic acids is 3. The molecule has 77 heavy (non-hydrogen) atoms. The summed E-state index contributed by atoms with van der Waals surface area (Å²) in [4.78, 5) is 59.5. The van der Waals surface area contributed by atoms with Gasteiger partial charge in [-0.1, -0.05) is 19.9 Å². The zero-order chi connectivity index (χ0) is 53.0. The summed E-state index contributed by atoms with van der Waals surface area (Å²) in [5.41, 5.74) is 10.6. The summed E-state index contributed by atoms with van der Waals surface area (Å²) in [7, 11) is 1.75. The van der Waals surface area contributed by atoms with Gasteiger partial charge in [0.05, 0.1) is 60.3 Å². The summed E-state index contributed by atoms with van der Waals surface area (Å²) in [6.45, 7) is 15.5. The first-order valence-electron chi connectivity index (χ1n) is 29.0. The van der Waals surface area contributed by atoms with Crippen molar-refractivity contribution in [3.63, 3.8) is 0 Å². The maximum atomic E-state index is 15.3. The van der Waals surface area contributed by atoms with Crippen LogP contribution in [0, 0.1) is 5.41 Å². The molecule has 1 aliphatic carbocycles. The predicted octanol–water partition coefficient (Wildman–Crippen LogP) is 7.65. The van der Waals surface area contributed by atoms with Crippen LogP contribution >= 0.6 is 11.3 Å². The first kappa shape index (κ1) is 53.3. The van der Waals surface area contributed by atoms with Gasteiger partial charge in [0, 0.05) is 105 Å². The number of nitrogens with one attached hydrogen (secondary N) is 2. The average Bonchev–Trinajstić information content (AvgIpc) is 4.14. The van der Waals surface area contributed by atoms with Gasteiger partial charge in [0.2, 0.25) is 5.91 Å². The monoisotopic (exact) mass is 1080 g/mol. The number of carbonyl (C=O) groups is 3. The van der Waals surface area contributed by atoms with Crippen LogP contribution in [0.3, 0.4) is 0 Å². The maximum Gasteiger partial charge on any atom is 0.324 e. The lowest BCUT2D eigenvalue weighted by molar-refractivity contribution is -0.185. The molecule has 6 bridgehead atoms. The fourth-order valence-corrected chi connectivity index (χ4v) is 14.4. The molecule has 6 saturated heterocycles. The number of piperidine rings is 1. The standard InChI is InChI=1S/C59H80N8O9S/c1-36-27-49(76-36)54(68)62-51-53(65-33-59(34-65)18-6-7-23-75-59)55-61-47(32-77-55)39-10-13-48-43(28-39)45(30-58(3,4)35-74-57(70)46-9-8-19-67(63-46)56(51)69)52(66(48)22-26-73-42-16-24-72-25-17-42)44-29-40(31-60-50(44)37(2)71-5)38-14-20-64(21-15-38)41-11-12-41/h10,13,28-29,31-32,36-38,41-42,46,49,51,53,63H,6-9,11-12,14-27,30,33-35H2,1-5H3,(H,62,68)/t36-,37+,46+,49+,51+,53+/m1/s1. The van der Waals surface area contributed by atoms with Crippen molar-refractivity contribution in [3.05, 3.63) is 57.7 Å². The van der Waals surface area contributed by atoms with Gasteiger partial charge < -0.3 is 43.2 Å². The van der Waals surface area contributed by atoms with E-state index in [9.17, 15) is 9.59 Å². The lowest BCUT2D eigenvalue weighted by Crippen LogP contribution is -2.69. The van der Waals surface area contributed by atoms with E-state index in [2.05, 4.69) is 81.7 Å². The summed E-state index contributed by atoms with van der Waals surface area (Å²) in [6.07, 6.45) is 13.0. The number of hydrogen-bond acceptors (Lipinski definition) is 15. The Kier molecular flexibility index (Phi) is 15.4. The molecule has 2 N–H and O–H groups in total. The van der Waals surface area contributed by atoms with Crippen LogP contribution in [0.1, 0.15) is 145 Å². The number of benzene rings is 1. The van der Waals surface area contributed by atoms with E-state index in [0.717, 1.165) is 114 Å². The topological polar surface area (TPSA) is 171 Å². The molecule has 10 heterocycles. The first-order valence-corrected chi connectivity index (χ1v) is 29.9. The minimum Gasteiger partial charge on any atom is -0.464 e. The van der Waals surface area contributed by atoms with E-state index in [1.165, 1.54) is 34.8 Å². The third-order valence-corrected chi connectivity index (χ3v) is 18.9. The van der Waals surface area contributed by atoms with Gasteiger partial charge in [-0.2, -0.15) is 0 Å². The average molecular weight is 1080 g/mol. The summed E-state index contributed by atoms with van der Waals surface area (Å²) in [6, 6.07) is 7.40. The molecular formula is C59H80N8O9S. The number of esters is 1. The van der Waals surface area contributed by atoms with Crippen molar-refractivity contribution in [2.45, 2.75) is 178 Å². The number of hydrazine groups is 1. The number of thiazole rings is 1. The van der Waals surface area contributed by atoms with E-state index in [1.807, 2.05) is 6.92 Å². The Labute approximate surface area is 457 Å². The summed E-state index contributed by atoms with van der Waals surface area (Å²) in [5, 5.41) is 8.62. The number of methoxy groups -OCH3 is 1. The molecule has 7 fully saturated rings. The van der Waals surface area contributed by atoms with E-state index in [0.29, 0.717) is 84.2 Å². The van der Waals surface area contributed by atoms with Gasteiger partial charge >= 0.3 is 5.97 Å². The molecule has 6 atom stereocenters. The highest BCUT2D eigenvalue weighted by atomic mass is 32.1. The molecule has 1 aromatic carbocycles. The Morgan fingerprint density at radius 3 is 2.53 bits per heavy atom. The van der Waals surface area contributed by atoms with Crippen molar-refractivity contribution in [1.29, 1.82) is 0 Å². The van der Waals surface area contributed by atoms with Crippen molar-refractivity contribution in [3.8, 4) is 22.5 Å². The van der Waals surface area contributed by atoms with Crippen LogP contribution < -0.4 is 10.7 Å². The fraction of sp³-hybridized carbons (Fsp3) is 0.678. The van der Waals surface area contributed by atoms with Crippen molar-refractivity contribution >= 4 is 40.0 Å².